The van der Waals surface area contributed by atoms with E-state index in [1.54, 1.807) is 12.3 Å². The van der Waals surface area contributed by atoms with Gasteiger partial charge in [0.2, 0.25) is 0 Å². The molecule has 0 amide bonds. The third-order valence-corrected chi connectivity index (χ3v) is 3.95. The lowest BCUT2D eigenvalue weighted by molar-refractivity contribution is 0.275. The number of benzene rings is 1. The topological polar surface area (TPSA) is 56.3 Å². The summed E-state index contributed by atoms with van der Waals surface area (Å²) in [4.78, 5) is 4.35. The van der Waals surface area contributed by atoms with Gasteiger partial charge in [0.25, 0.3) is 10.1 Å². The maximum atomic E-state index is 12.2. The summed E-state index contributed by atoms with van der Waals surface area (Å²) < 4.78 is 29.4. The quantitative estimate of drug-likeness (QED) is 0.807. The highest BCUT2D eigenvalue weighted by atomic mass is 32.2. The number of nitrogens with zero attached hydrogens (tertiary/aromatic N) is 1. The van der Waals surface area contributed by atoms with E-state index in [4.69, 9.17) is 4.18 Å². The number of aryl methyl sites for hydroxylation is 1. The minimum absolute atomic E-state index is 0.130. The molecular weight excluding hydrogens is 262 g/mol. The average molecular weight is 279 g/mol. The number of aromatic nitrogens is 1. The van der Waals surface area contributed by atoms with Gasteiger partial charge in [-0.15, -0.1) is 0 Å². The maximum Gasteiger partial charge on any atom is 0.299 e. The normalized spacial score (nSPS) is 12.2. The number of para-hydroxylation sites is 1. The van der Waals surface area contributed by atoms with Crippen molar-refractivity contribution < 1.29 is 12.6 Å². The van der Waals surface area contributed by atoms with Gasteiger partial charge in [-0.25, -0.2) is 0 Å². The van der Waals surface area contributed by atoms with Crippen molar-refractivity contribution in [2.24, 2.45) is 5.92 Å². The van der Waals surface area contributed by atoms with Gasteiger partial charge in [-0.05, 0) is 30.5 Å². The second-order valence-electron chi connectivity index (χ2n) is 4.97. The molecule has 0 radical (unpaired) electrons. The minimum Gasteiger partial charge on any atom is -0.266 e. The van der Waals surface area contributed by atoms with Gasteiger partial charge in [0, 0.05) is 11.6 Å². The predicted octanol–water partition coefficient (Wildman–Crippen LogP) is 2.90. The summed E-state index contributed by atoms with van der Waals surface area (Å²) >= 11 is 0. The molecule has 5 heteroatoms. The first-order valence-electron chi connectivity index (χ1n) is 6.15. The lowest BCUT2D eigenvalue weighted by Crippen LogP contribution is -2.11. The summed E-state index contributed by atoms with van der Waals surface area (Å²) in [5.41, 5.74) is 1.45. The van der Waals surface area contributed by atoms with E-state index in [0.717, 1.165) is 10.9 Å². The van der Waals surface area contributed by atoms with Crippen LogP contribution in [0.15, 0.2) is 35.4 Å². The Morgan fingerprint density at radius 3 is 2.74 bits per heavy atom. The first-order valence-corrected chi connectivity index (χ1v) is 7.56. The van der Waals surface area contributed by atoms with Gasteiger partial charge in [0.05, 0.1) is 12.1 Å². The molecule has 0 saturated heterocycles. The van der Waals surface area contributed by atoms with Crippen LogP contribution >= 0.6 is 0 Å². The molecule has 0 bridgehead atoms. The fourth-order valence-electron chi connectivity index (χ4n) is 1.73. The lowest BCUT2D eigenvalue weighted by Gasteiger charge is -2.09. The molecular formula is C14H17NO3S. The molecule has 0 aliphatic rings. The first-order chi connectivity index (χ1) is 8.90. The Morgan fingerprint density at radius 1 is 1.32 bits per heavy atom. The van der Waals surface area contributed by atoms with Gasteiger partial charge in [-0.1, -0.05) is 26.0 Å². The summed E-state index contributed by atoms with van der Waals surface area (Å²) in [5, 5.41) is 0.800. The van der Waals surface area contributed by atoms with Crippen LogP contribution in [-0.4, -0.2) is 20.0 Å². The average Bonchev–Trinajstić information content (AvgIpc) is 2.35. The van der Waals surface area contributed by atoms with E-state index in [1.807, 2.05) is 32.9 Å². The first kappa shape index (κ1) is 14.0. The van der Waals surface area contributed by atoms with Crippen molar-refractivity contribution in [2.45, 2.75) is 25.7 Å². The second kappa shape index (κ2) is 5.27. The number of hydrogen-bond acceptors (Lipinski definition) is 4. The van der Waals surface area contributed by atoms with Crippen LogP contribution in [0.5, 0.6) is 0 Å². The van der Waals surface area contributed by atoms with Crippen LogP contribution in [0.1, 0.15) is 19.4 Å². The second-order valence-corrected chi connectivity index (χ2v) is 6.56. The van der Waals surface area contributed by atoms with Crippen LogP contribution in [0.25, 0.3) is 10.9 Å². The molecule has 2 rings (SSSR count). The summed E-state index contributed by atoms with van der Waals surface area (Å²) in [7, 11) is -3.76. The molecule has 0 aliphatic carbocycles. The Morgan fingerprint density at radius 2 is 2.05 bits per heavy atom. The molecule has 19 heavy (non-hydrogen) atoms. The summed E-state index contributed by atoms with van der Waals surface area (Å²) in [6, 6.07) is 6.98. The predicted molar refractivity (Wildman–Crippen MR) is 74.5 cm³/mol. The van der Waals surface area contributed by atoms with Crippen molar-refractivity contribution in [3.05, 3.63) is 36.0 Å². The van der Waals surface area contributed by atoms with Gasteiger partial charge < -0.3 is 0 Å². The van der Waals surface area contributed by atoms with Gasteiger partial charge in [0.15, 0.2) is 0 Å². The van der Waals surface area contributed by atoms with Crippen LogP contribution in [0.3, 0.4) is 0 Å². The summed E-state index contributed by atoms with van der Waals surface area (Å²) in [5.74, 6) is 0.153. The van der Waals surface area contributed by atoms with Crippen LogP contribution in [0.2, 0.25) is 0 Å². The molecule has 4 nitrogen and oxygen atoms in total. The van der Waals surface area contributed by atoms with Gasteiger partial charge in [0.1, 0.15) is 4.90 Å². The molecule has 0 aliphatic heterocycles. The van der Waals surface area contributed by atoms with Crippen LogP contribution < -0.4 is 0 Å². The Labute approximate surface area is 113 Å². The van der Waals surface area contributed by atoms with Crippen molar-refractivity contribution in [1.29, 1.82) is 0 Å². The molecule has 0 fully saturated rings. The third kappa shape index (κ3) is 3.11. The van der Waals surface area contributed by atoms with Gasteiger partial charge in [-0.3, -0.25) is 9.17 Å². The fraction of sp³-hybridized carbons (Fsp3) is 0.357. The number of fused-ring (bicyclic) bond motifs is 1. The molecule has 0 unspecified atom stereocenters. The zero-order valence-corrected chi connectivity index (χ0v) is 12.1. The van der Waals surface area contributed by atoms with Crippen LogP contribution in [-0.2, 0) is 14.3 Å². The van der Waals surface area contributed by atoms with Gasteiger partial charge in [-0.2, -0.15) is 8.42 Å². The molecule has 1 aromatic carbocycles. The van der Waals surface area contributed by atoms with Crippen LogP contribution in [0.4, 0.5) is 0 Å². The minimum atomic E-state index is -3.76. The molecule has 0 saturated carbocycles. The Hall–Kier alpha value is -1.46. The van der Waals surface area contributed by atoms with Crippen LogP contribution in [0, 0.1) is 12.8 Å². The third-order valence-electron chi connectivity index (χ3n) is 2.64. The standard InChI is InChI=1S/C14H17NO3S/c1-10(2)9-18-19(16,17)13-6-4-5-12-7-11(3)8-15-14(12)13/h4-8,10H,9H2,1-3H3. The van der Waals surface area contributed by atoms with Crippen molar-refractivity contribution in [1.82, 2.24) is 4.98 Å². The van der Waals surface area contributed by atoms with E-state index in [1.165, 1.54) is 6.07 Å². The van der Waals surface area contributed by atoms with Crippen molar-refractivity contribution >= 4 is 21.0 Å². The zero-order chi connectivity index (χ0) is 14.0. The van der Waals surface area contributed by atoms with E-state index in [0.29, 0.717) is 5.52 Å². The molecule has 1 heterocycles. The number of rotatable bonds is 4. The molecule has 2 aromatic rings. The number of pyridine rings is 1. The van der Waals surface area contributed by atoms with Crippen molar-refractivity contribution in [2.75, 3.05) is 6.61 Å². The van der Waals surface area contributed by atoms with E-state index in [-0.39, 0.29) is 17.4 Å². The van der Waals surface area contributed by atoms with E-state index in [9.17, 15) is 8.42 Å². The fourth-order valence-corrected chi connectivity index (χ4v) is 2.96. The van der Waals surface area contributed by atoms with E-state index < -0.39 is 10.1 Å². The Kier molecular flexibility index (Phi) is 3.87. The SMILES string of the molecule is Cc1cnc2c(S(=O)(=O)OCC(C)C)cccc2c1. The summed E-state index contributed by atoms with van der Waals surface area (Å²) in [6.45, 7) is 5.90. The highest BCUT2D eigenvalue weighted by Gasteiger charge is 2.19. The molecule has 0 N–H and O–H groups in total. The Balaban J connectivity index is 2.50. The Bertz CT molecular complexity index is 693. The smallest absolute Gasteiger partial charge is 0.266 e. The lowest BCUT2D eigenvalue weighted by atomic mass is 10.2. The maximum absolute atomic E-state index is 12.2. The van der Waals surface area contributed by atoms with Crippen molar-refractivity contribution in [3.63, 3.8) is 0 Å². The largest absolute Gasteiger partial charge is 0.299 e. The zero-order valence-electron chi connectivity index (χ0n) is 11.3. The monoisotopic (exact) mass is 279 g/mol. The molecule has 0 spiro atoms. The van der Waals surface area contributed by atoms with Crippen molar-refractivity contribution in [3.8, 4) is 0 Å². The van der Waals surface area contributed by atoms with Gasteiger partial charge >= 0.3 is 0 Å². The van der Waals surface area contributed by atoms with E-state index in [2.05, 4.69) is 4.98 Å². The highest BCUT2D eigenvalue weighted by molar-refractivity contribution is 7.87. The number of hydrogen-bond donors (Lipinski definition) is 0. The molecule has 102 valence electrons. The summed E-state index contributed by atoms with van der Waals surface area (Å²) in [6.07, 6.45) is 1.66. The highest BCUT2D eigenvalue weighted by Crippen LogP contribution is 2.23. The van der Waals surface area contributed by atoms with E-state index >= 15 is 0 Å². The molecule has 1 aromatic heterocycles. The molecule has 0 atom stereocenters.